The van der Waals surface area contributed by atoms with Crippen molar-refractivity contribution in [3.8, 4) is 0 Å². The van der Waals surface area contributed by atoms with Crippen LogP contribution in [0, 0.1) is 25.7 Å². The van der Waals surface area contributed by atoms with Crippen LogP contribution in [0.25, 0.3) is 0 Å². The third-order valence-electron chi connectivity index (χ3n) is 5.37. The number of imide groups is 1. The number of likely N-dealkylation sites (tertiary alicyclic amines) is 1. The van der Waals surface area contributed by atoms with Gasteiger partial charge in [-0.2, -0.15) is 0 Å². The summed E-state index contributed by atoms with van der Waals surface area (Å²) in [5, 5.41) is 0. The van der Waals surface area contributed by atoms with E-state index in [2.05, 4.69) is 4.98 Å². The summed E-state index contributed by atoms with van der Waals surface area (Å²) < 4.78 is 5.04. The standard InChI is InChI=1S/C19H24N2O5/c1-4-26-19(25)16-11(3)20-10(2)15(16)14(22)9-21-17(23)12-7-5-6-8-13(12)18(21)24/h12-13,20H,4-9H2,1-3H3/t12-,13+. The number of hydrogen-bond acceptors (Lipinski definition) is 5. The number of fused-ring (bicyclic) bond motifs is 1. The van der Waals surface area contributed by atoms with Gasteiger partial charge in [-0.25, -0.2) is 4.79 Å². The molecule has 140 valence electrons. The fourth-order valence-electron chi connectivity index (χ4n) is 4.20. The quantitative estimate of drug-likeness (QED) is 0.493. The summed E-state index contributed by atoms with van der Waals surface area (Å²) in [7, 11) is 0. The first-order valence-corrected chi connectivity index (χ1v) is 9.11. The van der Waals surface area contributed by atoms with E-state index < -0.39 is 11.8 Å². The lowest BCUT2D eigenvalue weighted by molar-refractivity contribution is -0.139. The van der Waals surface area contributed by atoms with Crippen LogP contribution >= 0.6 is 0 Å². The molecule has 1 saturated heterocycles. The molecule has 1 aliphatic heterocycles. The largest absolute Gasteiger partial charge is 0.462 e. The fraction of sp³-hybridized carbons (Fsp3) is 0.579. The number of esters is 1. The van der Waals surface area contributed by atoms with Crippen molar-refractivity contribution < 1.29 is 23.9 Å². The van der Waals surface area contributed by atoms with Gasteiger partial charge in [-0.05, 0) is 33.6 Å². The zero-order chi connectivity index (χ0) is 19.0. The van der Waals surface area contributed by atoms with E-state index in [1.165, 1.54) is 0 Å². The second-order valence-electron chi connectivity index (χ2n) is 7.03. The van der Waals surface area contributed by atoms with Crippen LogP contribution in [0.4, 0.5) is 0 Å². The number of hydrogen-bond donors (Lipinski definition) is 1. The number of carbonyl (C=O) groups is 4. The summed E-state index contributed by atoms with van der Waals surface area (Å²) in [5.41, 5.74) is 1.46. The van der Waals surface area contributed by atoms with Crippen LogP contribution in [0.1, 0.15) is 64.7 Å². The molecule has 2 atom stereocenters. The molecule has 1 aliphatic carbocycles. The molecule has 0 aromatic carbocycles. The molecule has 26 heavy (non-hydrogen) atoms. The maximum absolute atomic E-state index is 12.9. The van der Waals surface area contributed by atoms with E-state index in [9.17, 15) is 19.2 Å². The normalized spacial score (nSPS) is 22.5. The number of aromatic nitrogens is 1. The maximum Gasteiger partial charge on any atom is 0.340 e. The highest BCUT2D eigenvalue weighted by Gasteiger charge is 2.48. The third-order valence-corrected chi connectivity index (χ3v) is 5.37. The Balaban J connectivity index is 1.86. The van der Waals surface area contributed by atoms with Gasteiger partial charge in [0, 0.05) is 11.4 Å². The average molecular weight is 360 g/mol. The van der Waals surface area contributed by atoms with Crippen molar-refractivity contribution in [3.63, 3.8) is 0 Å². The van der Waals surface area contributed by atoms with Gasteiger partial charge < -0.3 is 9.72 Å². The first kappa shape index (κ1) is 18.4. The molecule has 2 aliphatic rings. The number of amides is 2. The first-order valence-electron chi connectivity index (χ1n) is 9.11. The zero-order valence-electron chi connectivity index (χ0n) is 15.4. The Labute approximate surface area is 152 Å². The minimum Gasteiger partial charge on any atom is -0.462 e. The van der Waals surface area contributed by atoms with Crippen molar-refractivity contribution in [1.29, 1.82) is 0 Å². The highest BCUT2D eigenvalue weighted by Crippen LogP contribution is 2.38. The van der Waals surface area contributed by atoms with Gasteiger partial charge >= 0.3 is 5.97 Å². The van der Waals surface area contributed by atoms with Crippen LogP contribution in [0.3, 0.4) is 0 Å². The van der Waals surface area contributed by atoms with Gasteiger partial charge in [-0.15, -0.1) is 0 Å². The van der Waals surface area contributed by atoms with Gasteiger partial charge in [0.1, 0.15) is 0 Å². The third kappa shape index (κ3) is 2.95. The van der Waals surface area contributed by atoms with Gasteiger partial charge in [0.15, 0.2) is 5.78 Å². The average Bonchev–Trinajstić information content (AvgIpc) is 3.04. The molecule has 3 rings (SSSR count). The lowest BCUT2D eigenvalue weighted by Crippen LogP contribution is -2.36. The number of aryl methyl sites for hydroxylation is 2. The van der Waals surface area contributed by atoms with E-state index in [1.807, 2.05) is 0 Å². The van der Waals surface area contributed by atoms with Crippen molar-refractivity contribution in [2.45, 2.75) is 46.5 Å². The van der Waals surface area contributed by atoms with Crippen LogP contribution in [0.2, 0.25) is 0 Å². The van der Waals surface area contributed by atoms with Crippen molar-refractivity contribution in [1.82, 2.24) is 9.88 Å². The van der Waals surface area contributed by atoms with Gasteiger partial charge in [0.05, 0.1) is 36.1 Å². The number of rotatable bonds is 5. The Hall–Kier alpha value is -2.44. The summed E-state index contributed by atoms with van der Waals surface area (Å²) in [6, 6.07) is 0. The van der Waals surface area contributed by atoms with Crippen LogP contribution in [0.5, 0.6) is 0 Å². The maximum atomic E-state index is 12.9. The number of ketones is 1. The number of Topliss-reactive ketones (excluding diaryl/α,β-unsaturated/α-hetero) is 1. The van der Waals surface area contributed by atoms with Gasteiger partial charge in [-0.3, -0.25) is 19.3 Å². The Morgan fingerprint density at radius 3 is 2.12 bits per heavy atom. The summed E-state index contributed by atoms with van der Waals surface area (Å²) >= 11 is 0. The first-order chi connectivity index (χ1) is 12.4. The lowest BCUT2D eigenvalue weighted by Gasteiger charge is -2.19. The highest BCUT2D eigenvalue weighted by molar-refractivity contribution is 6.13. The molecule has 0 spiro atoms. The number of nitrogens with zero attached hydrogens (tertiary/aromatic N) is 1. The minimum atomic E-state index is -0.578. The summed E-state index contributed by atoms with van der Waals surface area (Å²) in [6.45, 7) is 4.95. The summed E-state index contributed by atoms with van der Waals surface area (Å²) in [4.78, 5) is 54.4. The fourth-order valence-corrected chi connectivity index (χ4v) is 4.20. The summed E-state index contributed by atoms with van der Waals surface area (Å²) in [5.74, 6) is -2.09. The van der Waals surface area contributed by atoms with Crippen LogP contribution in [0.15, 0.2) is 0 Å². The molecule has 7 nitrogen and oxygen atoms in total. The zero-order valence-corrected chi connectivity index (χ0v) is 15.4. The molecule has 0 bridgehead atoms. The lowest BCUT2D eigenvalue weighted by atomic mass is 9.81. The highest BCUT2D eigenvalue weighted by atomic mass is 16.5. The van der Waals surface area contributed by atoms with E-state index in [0.29, 0.717) is 24.2 Å². The monoisotopic (exact) mass is 360 g/mol. The molecular formula is C19H24N2O5. The van der Waals surface area contributed by atoms with Crippen LogP contribution < -0.4 is 0 Å². The van der Waals surface area contributed by atoms with E-state index in [1.54, 1.807) is 20.8 Å². The molecule has 1 saturated carbocycles. The number of ether oxygens (including phenoxy) is 1. The van der Waals surface area contributed by atoms with Crippen LogP contribution in [-0.4, -0.2) is 46.6 Å². The van der Waals surface area contributed by atoms with Crippen LogP contribution in [-0.2, 0) is 14.3 Å². The molecule has 1 aromatic heterocycles. The summed E-state index contributed by atoms with van der Waals surface area (Å²) in [6.07, 6.45) is 3.28. The second-order valence-corrected chi connectivity index (χ2v) is 7.03. The minimum absolute atomic E-state index is 0.186. The number of carbonyl (C=O) groups excluding carboxylic acids is 4. The molecule has 7 heteroatoms. The van der Waals surface area contributed by atoms with Crippen molar-refractivity contribution in [2.24, 2.45) is 11.8 Å². The van der Waals surface area contributed by atoms with E-state index in [4.69, 9.17) is 4.74 Å². The van der Waals surface area contributed by atoms with Gasteiger partial charge in [0.25, 0.3) is 0 Å². The number of nitrogens with one attached hydrogen (secondary N) is 1. The molecule has 2 heterocycles. The SMILES string of the molecule is CCOC(=O)c1c(C)[nH]c(C)c1C(=O)CN1C(=O)[C@H]2CCCC[C@H]2C1=O. The molecule has 1 aromatic rings. The second kappa shape index (κ2) is 7.05. The molecule has 0 radical (unpaired) electrons. The number of H-pyrrole nitrogens is 1. The predicted molar refractivity (Wildman–Crippen MR) is 92.7 cm³/mol. The van der Waals surface area contributed by atoms with E-state index in [0.717, 1.165) is 17.7 Å². The Morgan fingerprint density at radius 2 is 1.58 bits per heavy atom. The van der Waals surface area contributed by atoms with Gasteiger partial charge in [0.2, 0.25) is 11.8 Å². The molecule has 0 unspecified atom stereocenters. The van der Waals surface area contributed by atoms with Crippen molar-refractivity contribution in [3.05, 3.63) is 22.5 Å². The van der Waals surface area contributed by atoms with E-state index >= 15 is 0 Å². The smallest absolute Gasteiger partial charge is 0.340 e. The Bertz CT molecular complexity index is 755. The van der Waals surface area contributed by atoms with Crippen molar-refractivity contribution in [2.75, 3.05) is 13.2 Å². The molecule has 2 fully saturated rings. The molecular weight excluding hydrogens is 336 g/mol. The van der Waals surface area contributed by atoms with Gasteiger partial charge in [-0.1, -0.05) is 12.8 Å². The Kier molecular flexibility index (Phi) is 4.98. The topological polar surface area (TPSA) is 96.5 Å². The molecule has 2 amide bonds. The molecule has 1 N–H and O–H groups in total. The predicted octanol–water partition coefficient (Wildman–Crippen LogP) is 2.17. The number of aromatic amines is 1. The van der Waals surface area contributed by atoms with E-state index in [-0.39, 0.29) is 47.9 Å². The van der Waals surface area contributed by atoms with Crippen molar-refractivity contribution >= 4 is 23.6 Å². The Morgan fingerprint density at radius 1 is 1.04 bits per heavy atom.